The van der Waals surface area contributed by atoms with Gasteiger partial charge in [-0.3, -0.25) is 4.79 Å². The summed E-state index contributed by atoms with van der Waals surface area (Å²) >= 11 is 0. The molecule has 0 bridgehead atoms. The van der Waals surface area contributed by atoms with Gasteiger partial charge in [-0.25, -0.2) is 27.2 Å². The molecule has 0 radical (unpaired) electrons. The molecule has 0 saturated heterocycles. The van der Waals surface area contributed by atoms with Crippen molar-refractivity contribution < 1.29 is 27.5 Å². The van der Waals surface area contributed by atoms with Crippen LogP contribution in [0.4, 0.5) is 10.6 Å². The maximum atomic E-state index is 14.1. The minimum absolute atomic E-state index is 0.0101. The molecule has 2 aromatic carbocycles. The van der Waals surface area contributed by atoms with Crippen LogP contribution in [-0.2, 0) is 32.5 Å². The summed E-state index contributed by atoms with van der Waals surface area (Å²) in [5.41, 5.74) is 3.72. The number of hydrogen-bond donors (Lipinski definition) is 1. The van der Waals surface area contributed by atoms with E-state index in [0.717, 1.165) is 29.5 Å². The first-order valence-electron chi connectivity index (χ1n) is 16.2. The number of aryl methyl sites for hydroxylation is 1. The zero-order chi connectivity index (χ0) is 34.5. The summed E-state index contributed by atoms with van der Waals surface area (Å²) in [4.78, 5) is 36.0. The number of anilines is 1. The Morgan fingerprint density at radius 3 is 2.43 bits per heavy atom. The molecule has 0 atom stereocenters. The Morgan fingerprint density at radius 2 is 1.69 bits per heavy atom. The summed E-state index contributed by atoms with van der Waals surface area (Å²) < 4.78 is 41.4. The quantitative estimate of drug-likeness (QED) is 0.193. The van der Waals surface area contributed by atoms with Gasteiger partial charge < -0.3 is 19.7 Å². The third-order valence-corrected chi connectivity index (χ3v) is 10.2. The van der Waals surface area contributed by atoms with Gasteiger partial charge in [0, 0.05) is 43.2 Å². The van der Waals surface area contributed by atoms with Crippen molar-refractivity contribution in [3.8, 4) is 22.6 Å². The highest BCUT2D eigenvalue weighted by Gasteiger charge is 2.31. The number of amides is 2. The number of carbonyl (C=O) groups is 2. The normalized spacial score (nSPS) is 14.7. The van der Waals surface area contributed by atoms with Crippen LogP contribution in [0.15, 0.2) is 84.1 Å². The first-order valence-corrected chi connectivity index (χ1v) is 17.7. The fourth-order valence-corrected chi connectivity index (χ4v) is 7.17. The van der Waals surface area contributed by atoms with Crippen molar-refractivity contribution in [3.63, 3.8) is 0 Å². The summed E-state index contributed by atoms with van der Waals surface area (Å²) in [6.45, 7) is 8.34. The number of carbonyl (C=O) groups excluding carboxylic acids is 2. The molecular formula is C37H37N5O6S. The van der Waals surface area contributed by atoms with E-state index in [1.165, 1.54) is 16.4 Å². The highest BCUT2D eigenvalue weighted by molar-refractivity contribution is 7.90. The Bertz CT molecular complexity index is 2200. The van der Waals surface area contributed by atoms with Crippen LogP contribution in [0, 0.1) is 12.8 Å². The maximum absolute atomic E-state index is 14.1. The molecule has 1 aliphatic carbocycles. The molecule has 0 unspecified atom stereocenters. The van der Waals surface area contributed by atoms with Gasteiger partial charge >= 0.3 is 6.09 Å². The van der Waals surface area contributed by atoms with Crippen LogP contribution in [0.25, 0.3) is 22.2 Å². The highest BCUT2D eigenvalue weighted by Crippen LogP contribution is 2.40. The van der Waals surface area contributed by atoms with Gasteiger partial charge in [0.1, 0.15) is 22.9 Å². The lowest BCUT2D eigenvalue weighted by molar-refractivity contribution is -0.117. The van der Waals surface area contributed by atoms with E-state index in [9.17, 15) is 18.0 Å². The Labute approximate surface area is 284 Å². The minimum Gasteiger partial charge on any atom is -0.457 e. The molecule has 5 aromatic rings. The number of ether oxygens (including phenoxy) is 2. The number of rotatable bonds is 7. The van der Waals surface area contributed by atoms with Gasteiger partial charge in [0.15, 0.2) is 5.65 Å². The first kappa shape index (κ1) is 32.3. The second-order valence-corrected chi connectivity index (χ2v) is 15.4. The average molecular weight is 680 g/mol. The lowest BCUT2D eigenvalue weighted by atomic mass is 10.00. The summed E-state index contributed by atoms with van der Waals surface area (Å²) in [6, 6.07) is 17.6. The van der Waals surface area contributed by atoms with Crippen molar-refractivity contribution in [3.05, 3.63) is 95.9 Å². The Hall–Kier alpha value is -5.23. The average Bonchev–Trinajstić information content (AvgIpc) is 3.84. The summed E-state index contributed by atoms with van der Waals surface area (Å²) in [6.07, 6.45) is 6.64. The molecule has 0 spiro atoms. The zero-order valence-electron chi connectivity index (χ0n) is 27.8. The number of nitrogens with one attached hydrogen (secondary N) is 1. The Kier molecular flexibility index (Phi) is 8.14. The molecule has 7 rings (SSSR count). The van der Waals surface area contributed by atoms with Crippen molar-refractivity contribution in [1.29, 1.82) is 0 Å². The molecule has 252 valence electrons. The van der Waals surface area contributed by atoms with E-state index in [4.69, 9.17) is 9.47 Å². The Balaban J connectivity index is 1.30. The van der Waals surface area contributed by atoms with E-state index >= 15 is 0 Å². The second kappa shape index (κ2) is 12.3. The van der Waals surface area contributed by atoms with Gasteiger partial charge in [0.2, 0.25) is 5.91 Å². The molecule has 4 heterocycles. The van der Waals surface area contributed by atoms with Crippen molar-refractivity contribution in [1.82, 2.24) is 18.8 Å². The third kappa shape index (κ3) is 6.73. The van der Waals surface area contributed by atoms with Gasteiger partial charge in [0.05, 0.1) is 10.3 Å². The van der Waals surface area contributed by atoms with Crippen molar-refractivity contribution >= 4 is 38.9 Å². The van der Waals surface area contributed by atoms with E-state index < -0.39 is 15.6 Å². The number of aromatic nitrogens is 3. The van der Waals surface area contributed by atoms with Gasteiger partial charge in [-0.1, -0.05) is 23.8 Å². The molecule has 1 N–H and O–H groups in total. The molecule has 1 fully saturated rings. The van der Waals surface area contributed by atoms with Gasteiger partial charge in [0.25, 0.3) is 10.0 Å². The zero-order valence-corrected chi connectivity index (χ0v) is 28.6. The predicted molar refractivity (Wildman–Crippen MR) is 185 cm³/mol. The predicted octanol–water partition coefficient (Wildman–Crippen LogP) is 7.08. The lowest BCUT2D eigenvalue weighted by Gasteiger charge is -2.31. The first-order chi connectivity index (χ1) is 23.4. The van der Waals surface area contributed by atoms with E-state index in [2.05, 4.69) is 15.3 Å². The number of pyridine rings is 2. The van der Waals surface area contributed by atoms with Crippen molar-refractivity contribution in [2.45, 2.75) is 64.0 Å². The standard InChI is InChI=1S/C37H37N5O6S/c1-23-5-11-29(12-6-23)49(45,46)42-22-30(26-13-16-38-32(20-26)40-35(43)25-7-8-25)33-31(14-17-39-34(33)42)47-28-10-9-24-15-18-41(21-27(24)19-28)36(44)48-37(2,3)4/h5-6,9-14,16-17,19-20,22,25H,7-8,15,18,21H2,1-4H3,(H,38,40,43). The number of nitrogens with zero attached hydrogens (tertiary/aromatic N) is 4. The molecule has 49 heavy (non-hydrogen) atoms. The summed E-state index contributed by atoms with van der Waals surface area (Å²) in [5, 5.41) is 3.35. The van der Waals surface area contributed by atoms with Crippen LogP contribution < -0.4 is 10.1 Å². The van der Waals surface area contributed by atoms with E-state index in [-0.39, 0.29) is 28.5 Å². The van der Waals surface area contributed by atoms with E-state index in [0.29, 0.717) is 53.3 Å². The molecule has 11 nitrogen and oxygen atoms in total. The van der Waals surface area contributed by atoms with Crippen LogP contribution >= 0.6 is 0 Å². The number of fused-ring (bicyclic) bond motifs is 2. The summed E-state index contributed by atoms with van der Waals surface area (Å²) in [7, 11) is -4.07. The second-order valence-electron chi connectivity index (χ2n) is 13.5. The fraction of sp³-hybridized carbons (Fsp3) is 0.297. The molecule has 2 aliphatic rings. The highest BCUT2D eigenvalue weighted by atomic mass is 32.2. The van der Waals surface area contributed by atoms with E-state index in [1.807, 2.05) is 45.9 Å². The van der Waals surface area contributed by atoms with Crippen LogP contribution in [0.3, 0.4) is 0 Å². The van der Waals surface area contributed by atoms with Crippen LogP contribution in [-0.4, -0.2) is 51.4 Å². The fourth-order valence-electron chi connectivity index (χ4n) is 5.85. The largest absolute Gasteiger partial charge is 0.457 e. The smallest absolute Gasteiger partial charge is 0.410 e. The molecule has 2 amide bonds. The maximum Gasteiger partial charge on any atom is 0.410 e. The monoisotopic (exact) mass is 679 g/mol. The molecule has 1 saturated carbocycles. The SMILES string of the molecule is Cc1ccc(S(=O)(=O)n2cc(-c3ccnc(NC(=O)C4CC4)c3)c3c(Oc4ccc5c(c4)CN(C(=O)OC(C)(C)C)CC5)ccnc32)cc1. The summed E-state index contributed by atoms with van der Waals surface area (Å²) in [5.74, 6) is 1.18. The van der Waals surface area contributed by atoms with Crippen LogP contribution in [0.1, 0.15) is 50.3 Å². The van der Waals surface area contributed by atoms with E-state index in [1.54, 1.807) is 53.6 Å². The van der Waals surface area contributed by atoms with Crippen molar-refractivity contribution in [2.24, 2.45) is 5.92 Å². The lowest BCUT2D eigenvalue weighted by Crippen LogP contribution is -2.39. The molecule has 12 heteroatoms. The Morgan fingerprint density at radius 1 is 0.939 bits per heavy atom. The number of benzene rings is 2. The molecule has 1 aliphatic heterocycles. The van der Waals surface area contributed by atoms with Gasteiger partial charge in [-0.05, 0) is 106 Å². The number of hydrogen-bond acceptors (Lipinski definition) is 8. The van der Waals surface area contributed by atoms with Gasteiger partial charge in [-0.15, -0.1) is 0 Å². The topological polar surface area (TPSA) is 133 Å². The molecule has 3 aromatic heterocycles. The van der Waals surface area contributed by atoms with Crippen LogP contribution in [0.2, 0.25) is 0 Å². The third-order valence-electron chi connectivity index (χ3n) is 8.53. The minimum atomic E-state index is -4.07. The van der Waals surface area contributed by atoms with Gasteiger partial charge in [-0.2, -0.15) is 0 Å². The van der Waals surface area contributed by atoms with Crippen molar-refractivity contribution in [2.75, 3.05) is 11.9 Å². The van der Waals surface area contributed by atoms with Crippen LogP contribution in [0.5, 0.6) is 11.5 Å². The molecular weight excluding hydrogens is 643 g/mol.